The van der Waals surface area contributed by atoms with Crippen molar-refractivity contribution in [1.29, 1.82) is 0 Å². The smallest absolute Gasteiger partial charge is 0.326 e. The quantitative estimate of drug-likeness (QED) is 0.697. The van der Waals surface area contributed by atoms with Gasteiger partial charge in [-0.1, -0.05) is 13.3 Å². The summed E-state index contributed by atoms with van der Waals surface area (Å²) < 4.78 is 0. The zero-order chi connectivity index (χ0) is 14.3. The van der Waals surface area contributed by atoms with Gasteiger partial charge < -0.3 is 20.4 Å². The summed E-state index contributed by atoms with van der Waals surface area (Å²) in [5.74, 6) is -0.450. The molecule has 110 valence electrons. The highest BCUT2D eigenvalue weighted by Gasteiger charge is 2.24. The van der Waals surface area contributed by atoms with E-state index in [9.17, 15) is 9.59 Å². The van der Waals surface area contributed by atoms with Gasteiger partial charge in [0.2, 0.25) is 0 Å². The van der Waals surface area contributed by atoms with Gasteiger partial charge in [0.15, 0.2) is 0 Å². The first-order chi connectivity index (χ1) is 9.08. The lowest BCUT2D eigenvalue weighted by Crippen LogP contribution is -2.48. The Morgan fingerprint density at radius 2 is 2.11 bits per heavy atom. The Kier molecular flexibility index (Phi) is 6.62. The predicted octanol–water partition coefficient (Wildman–Crippen LogP) is 1.04. The summed E-state index contributed by atoms with van der Waals surface area (Å²) in [6, 6.07) is -1.35. The number of carboxylic acids is 1. The molecule has 1 aliphatic rings. The number of carboxylic acid groups (broad SMARTS) is 1. The van der Waals surface area contributed by atoms with Crippen LogP contribution < -0.4 is 5.32 Å². The highest BCUT2D eigenvalue weighted by molar-refractivity contribution is 5.82. The van der Waals surface area contributed by atoms with E-state index in [0.29, 0.717) is 19.0 Å². The molecule has 0 radical (unpaired) electrons. The maximum Gasteiger partial charge on any atom is 0.326 e. The van der Waals surface area contributed by atoms with Gasteiger partial charge >= 0.3 is 12.0 Å². The van der Waals surface area contributed by atoms with Crippen molar-refractivity contribution in [3.63, 3.8) is 0 Å². The Morgan fingerprint density at radius 1 is 1.37 bits per heavy atom. The number of hydrogen-bond acceptors (Lipinski definition) is 3. The summed E-state index contributed by atoms with van der Waals surface area (Å²) in [5, 5.41) is 20.2. The second kappa shape index (κ2) is 7.99. The molecule has 3 N–H and O–H groups in total. The first kappa shape index (κ1) is 15.8. The molecule has 6 nitrogen and oxygen atoms in total. The van der Waals surface area contributed by atoms with Crippen LogP contribution >= 0.6 is 0 Å². The van der Waals surface area contributed by atoms with Gasteiger partial charge in [-0.25, -0.2) is 9.59 Å². The van der Waals surface area contributed by atoms with Crippen molar-refractivity contribution in [3.05, 3.63) is 0 Å². The van der Waals surface area contributed by atoms with E-state index in [0.717, 1.165) is 25.7 Å². The van der Waals surface area contributed by atoms with E-state index in [1.807, 2.05) is 0 Å². The van der Waals surface area contributed by atoms with Gasteiger partial charge in [0.1, 0.15) is 6.04 Å². The van der Waals surface area contributed by atoms with E-state index in [-0.39, 0.29) is 19.1 Å². The normalized spacial score (nSPS) is 21.6. The highest BCUT2D eigenvalue weighted by atomic mass is 16.4. The number of aliphatic hydroxyl groups excluding tert-OH is 1. The van der Waals surface area contributed by atoms with Crippen LogP contribution in [0.1, 0.15) is 39.0 Å². The van der Waals surface area contributed by atoms with E-state index in [4.69, 9.17) is 10.2 Å². The average Bonchev–Trinajstić information content (AvgIpc) is 2.63. The number of rotatable bonds is 5. The molecule has 0 saturated carbocycles. The molecule has 1 aliphatic heterocycles. The molecule has 1 heterocycles. The first-order valence-corrected chi connectivity index (χ1v) is 6.97. The Labute approximate surface area is 113 Å². The molecule has 1 unspecified atom stereocenters. The van der Waals surface area contributed by atoms with Crippen LogP contribution in [0.4, 0.5) is 4.79 Å². The SMILES string of the molecule is CCC1CCCN(C(=O)N[C@@H](CCO)C(=O)O)CC1. The molecule has 0 bridgehead atoms. The van der Waals surface area contributed by atoms with Gasteiger partial charge in [-0.15, -0.1) is 0 Å². The van der Waals surface area contributed by atoms with Crippen LogP contribution in [0.5, 0.6) is 0 Å². The summed E-state index contributed by atoms with van der Waals surface area (Å²) in [5.41, 5.74) is 0. The van der Waals surface area contributed by atoms with Gasteiger partial charge in [0.25, 0.3) is 0 Å². The number of nitrogens with one attached hydrogen (secondary N) is 1. The van der Waals surface area contributed by atoms with Crippen LogP contribution in [0.2, 0.25) is 0 Å². The fourth-order valence-electron chi connectivity index (χ4n) is 2.40. The maximum absolute atomic E-state index is 12.0. The van der Waals surface area contributed by atoms with E-state index in [1.165, 1.54) is 0 Å². The van der Waals surface area contributed by atoms with E-state index in [2.05, 4.69) is 12.2 Å². The Balaban J connectivity index is 2.49. The highest BCUT2D eigenvalue weighted by Crippen LogP contribution is 2.20. The molecule has 0 spiro atoms. The predicted molar refractivity (Wildman–Crippen MR) is 70.9 cm³/mol. The number of aliphatic hydroxyl groups is 1. The number of hydrogen-bond donors (Lipinski definition) is 3. The molecule has 0 aromatic rings. The van der Waals surface area contributed by atoms with Gasteiger partial charge in [-0.05, 0) is 25.2 Å². The zero-order valence-electron chi connectivity index (χ0n) is 11.5. The van der Waals surface area contributed by atoms with Crippen molar-refractivity contribution < 1.29 is 19.8 Å². The molecule has 0 aromatic heterocycles. The largest absolute Gasteiger partial charge is 0.480 e. The lowest BCUT2D eigenvalue weighted by molar-refractivity contribution is -0.139. The molecule has 0 aromatic carbocycles. The van der Waals surface area contributed by atoms with Gasteiger partial charge in [0, 0.05) is 26.1 Å². The van der Waals surface area contributed by atoms with Gasteiger partial charge in [-0.3, -0.25) is 0 Å². The van der Waals surface area contributed by atoms with Crippen molar-refractivity contribution in [2.24, 2.45) is 5.92 Å². The lowest BCUT2D eigenvalue weighted by atomic mass is 9.98. The molecule has 1 saturated heterocycles. The lowest BCUT2D eigenvalue weighted by Gasteiger charge is -2.23. The minimum Gasteiger partial charge on any atom is -0.480 e. The molecule has 19 heavy (non-hydrogen) atoms. The number of likely N-dealkylation sites (tertiary alicyclic amines) is 1. The summed E-state index contributed by atoms with van der Waals surface area (Å²) in [7, 11) is 0. The standard InChI is InChI=1S/C13H24N2O4/c1-2-10-4-3-7-15(8-5-10)13(19)14-11(6-9-16)12(17)18/h10-11,16H,2-9H2,1H3,(H,14,19)(H,17,18)/t10?,11-/m0/s1. The first-order valence-electron chi connectivity index (χ1n) is 6.97. The Hall–Kier alpha value is -1.30. The van der Waals surface area contributed by atoms with Crippen LogP contribution in [-0.4, -0.2) is 52.9 Å². The third-order valence-corrected chi connectivity index (χ3v) is 3.73. The Bertz CT molecular complexity index is 309. The third kappa shape index (κ3) is 5.06. The molecule has 6 heteroatoms. The number of urea groups is 1. The fraction of sp³-hybridized carbons (Fsp3) is 0.846. The van der Waals surface area contributed by atoms with Crippen LogP contribution in [-0.2, 0) is 4.79 Å². The number of aliphatic carboxylic acids is 1. The molecular weight excluding hydrogens is 248 g/mol. The summed E-state index contributed by atoms with van der Waals surface area (Å²) in [4.78, 5) is 24.6. The summed E-state index contributed by atoms with van der Waals surface area (Å²) >= 11 is 0. The van der Waals surface area contributed by atoms with Crippen molar-refractivity contribution in [3.8, 4) is 0 Å². The molecule has 1 rings (SSSR count). The average molecular weight is 272 g/mol. The molecule has 1 fully saturated rings. The second-order valence-electron chi connectivity index (χ2n) is 5.04. The topological polar surface area (TPSA) is 89.9 Å². The van der Waals surface area contributed by atoms with Crippen molar-refractivity contribution in [2.45, 2.75) is 45.1 Å². The monoisotopic (exact) mass is 272 g/mol. The van der Waals surface area contributed by atoms with Crippen LogP contribution in [0, 0.1) is 5.92 Å². The summed E-state index contributed by atoms with van der Waals surface area (Å²) in [6.45, 7) is 3.25. The zero-order valence-corrected chi connectivity index (χ0v) is 11.5. The number of carbonyl (C=O) groups is 2. The second-order valence-corrected chi connectivity index (χ2v) is 5.04. The van der Waals surface area contributed by atoms with Crippen LogP contribution in [0.3, 0.4) is 0 Å². The third-order valence-electron chi connectivity index (χ3n) is 3.73. The minimum absolute atomic E-state index is 0.0342. The molecule has 0 aliphatic carbocycles. The molecular formula is C13H24N2O4. The fourth-order valence-corrected chi connectivity index (χ4v) is 2.40. The van der Waals surface area contributed by atoms with Crippen molar-refractivity contribution in [2.75, 3.05) is 19.7 Å². The minimum atomic E-state index is -1.11. The summed E-state index contributed by atoms with van der Waals surface area (Å²) in [6.07, 6.45) is 4.22. The number of amides is 2. The van der Waals surface area contributed by atoms with E-state index >= 15 is 0 Å². The number of carbonyl (C=O) groups excluding carboxylic acids is 1. The van der Waals surface area contributed by atoms with Crippen LogP contribution in [0.25, 0.3) is 0 Å². The number of nitrogens with zero attached hydrogens (tertiary/aromatic N) is 1. The Morgan fingerprint density at radius 3 is 2.68 bits per heavy atom. The molecule has 2 amide bonds. The van der Waals surface area contributed by atoms with Crippen molar-refractivity contribution in [1.82, 2.24) is 10.2 Å². The van der Waals surface area contributed by atoms with Crippen molar-refractivity contribution >= 4 is 12.0 Å². The van der Waals surface area contributed by atoms with E-state index in [1.54, 1.807) is 4.90 Å². The van der Waals surface area contributed by atoms with Gasteiger partial charge in [0.05, 0.1) is 0 Å². The molecule has 2 atom stereocenters. The van der Waals surface area contributed by atoms with Crippen LogP contribution in [0.15, 0.2) is 0 Å². The van der Waals surface area contributed by atoms with E-state index < -0.39 is 12.0 Å². The van der Waals surface area contributed by atoms with Gasteiger partial charge in [-0.2, -0.15) is 0 Å². The maximum atomic E-state index is 12.0.